The molecule has 0 saturated heterocycles. The maximum Gasteiger partial charge on any atom is 0.0180 e. The third-order valence-electron chi connectivity index (χ3n) is 2.44. The Labute approximate surface area is 115 Å². The van der Waals surface area contributed by atoms with Crippen molar-refractivity contribution in [2.45, 2.75) is 73.8 Å². The van der Waals surface area contributed by atoms with E-state index in [1.807, 2.05) is 13.8 Å². The summed E-state index contributed by atoms with van der Waals surface area (Å²) in [7, 11) is 0. The summed E-state index contributed by atoms with van der Waals surface area (Å²) >= 11 is 0. The monoisotopic (exact) mass is 251 g/mol. The Hall–Kier alpha value is -0.820. The van der Waals surface area contributed by atoms with Crippen LogP contribution in [0.2, 0.25) is 0 Å². The largest absolute Gasteiger partial charge is 0.326 e. The lowest BCUT2D eigenvalue weighted by Gasteiger charge is -2.20. The molecule has 1 rings (SSSR count). The van der Waals surface area contributed by atoms with E-state index in [-0.39, 0.29) is 5.41 Å². The van der Waals surface area contributed by atoms with Gasteiger partial charge in [0.1, 0.15) is 0 Å². The van der Waals surface area contributed by atoms with E-state index in [0.29, 0.717) is 6.54 Å². The number of rotatable bonds is 1. The average molecular weight is 251 g/mol. The van der Waals surface area contributed by atoms with E-state index < -0.39 is 0 Å². The van der Waals surface area contributed by atoms with Crippen LogP contribution in [0.15, 0.2) is 18.2 Å². The number of aryl methyl sites for hydroxylation is 1. The van der Waals surface area contributed by atoms with E-state index in [0.717, 1.165) is 0 Å². The van der Waals surface area contributed by atoms with Gasteiger partial charge in [0.25, 0.3) is 0 Å². The van der Waals surface area contributed by atoms with Crippen molar-refractivity contribution >= 4 is 0 Å². The quantitative estimate of drug-likeness (QED) is 0.730. The molecular formula is C17H33N. The van der Waals surface area contributed by atoms with Crippen LogP contribution in [0, 0.1) is 6.92 Å². The van der Waals surface area contributed by atoms with Crippen LogP contribution in [0.1, 0.15) is 71.6 Å². The molecule has 0 unspecified atom stereocenters. The van der Waals surface area contributed by atoms with Crippen LogP contribution >= 0.6 is 0 Å². The van der Waals surface area contributed by atoms with Crippen LogP contribution < -0.4 is 5.73 Å². The third-order valence-corrected chi connectivity index (χ3v) is 2.44. The van der Waals surface area contributed by atoms with E-state index in [4.69, 9.17) is 5.73 Å². The van der Waals surface area contributed by atoms with Gasteiger partial charge in [-0.05, 0) is 29.0 Å². The van der Waals surface area contributed by atoms with Gasteiger partial charge in [0, 0.05) is 6.54 Å². The molecular weight excluding hydrogens is 218 g/mol. The zero-order valence-corrected chi connectivity index (χ0v) is 13.7. The number of hydrogen-bond acceptors (Lipinski definition) is 1. The first-order valence-corrected chi connectivity index (χ1v) is 7.16. The minimum atomic E-state index is 0.220. The summed E-state index contributed by atoms with van der Waals surface area (Å²) in [6.07, 6.45) is 1.25. The zero-order valence-electron chi connectivity index (χ0n) is 13.7. The molecule has 0 fully saturated rings. The molecule has 0 aromatic heterocycles. The van der Waals surface area contributed by atoms with Gasteiger partial charge in [-0.2, -0.15) is 0 Å². The fourth-order valence-corrected chi connectivity index (χ4v) is 1.36. The summed E-state index contributed by atoms with van der Waals surface area (Å²) in [5, 5.41) is 0. The van der Waals surface area contributed by atoms with E-state index in [1.54, 1.807) is 0 Å². The Kier molecular flexibility index (Phi) is 11.0. The van der Waals surface area contributed by atoms with Crippen LogP contribution in [-0.4, -0.2) is 0 Å². The standard InChI is InChI=1S/C12H19N.C3H8.C2H6/c1-9-5-6-11(12(2,3)4)7-10(9)8-13;1-3-2;1-2/h5-7H,8,13H2,1-4H3;3H2,1-2H3;1-2H3. The number of nitrogens with two attached hydrogens (primary N) is 1. The van der Waals surface area contributed by atoms with Crippen molar-refractivity contribution in [1.29, 1.82) is 0 Å². The molecule has 106 valence electrons. The lowest BCUT2D eigenvalue weighted by atomic mass is 9.85. The van der Waals surface area contributed by atoms with Gasteiger partial charge in [-0.3, -0.25) is 0 Å². The molecule has 0 bridgehead atoms. The second-order valence-corrected chi connectivity index (χ2v) is 5.30. The van der Waals surface area contributed by atoms with Gasteiger partial charge in [0.15, 0.2) is 0 Å². The fourth-order valence-electron chi connectivity index (χ4n) is 1.36. The molecule has 0 heterocycles. The Balaban J connectivity index is 0. The lowest BCUT2D eigenvalue weighted by molar-refractivity contribution is 0.589. The lowest BCUT2D eigenvalue weighted by Crippen LogP contribution is -2.12. The fraction of sp³-hybridized carbons (Fsp3) is 0.647. The highest BCUT2D eigenvalue weighted by Crippen LogP contribution is 2.24. The van der Waals surface area contributed by atoms with Gasteiger partial charge >= 0.3 is 0 Å². The topological polar surface area (TPSA) is 26.0 Å². The van der Waals surface area contributed by atoms with Gasteiger partial charge in [0.05, 0.1) is 0 Å². The summed E-state index contributed by atoms with van der Waals surface area (Å²) in [5.41, 5.74) is 9.79. The smallest absolute Gasteiger partial charge is 0.0180 e. The van der Waals surface area contributed by atoms with Crippen molar-refractivity contribution < 1.29 is 0 Å². The molecule has 1 nitrogen and oxygen atoms in total. The predicted molar refractivity (Wildman–Crippen MR) is 85.1 cm³/mol. The predicted octanol–water partition coefficient (Wildman–Crippen LogP) is 5.19. The van der Waals surface area contributed by atoms with Gasteiger partial charge in [0.2, 0.25) is 0 Å². The number of hydrogen-bond donors (Lipinski definition) is 1. The Bertz CT molecular complexity index is 308. The van der Waals surface area contributed by atoms with Crippen LogP contribution in [0.3, 0.4) is 0 Å². The van der Waals surface area contributed by atoms with E-state index >= 15 is 0 Å². The highest BCUT2D eigenvalue weighted by Gasteiger charge is 2.13. The van der Waals surface area contributed by atoms with Crippen molar-refractivity contribution in [2.24, 2.45) is 5.73 Å². The van der Waals surface area contributed by atoms with Crippen molar-refractivity contribution in [1.82, 2.24) is 0 Å². The molecule has 0 amide bonds. The highest BCUT2D eigenvalue weighted by atomic mass is 14.5. The second kappa shape index (κ2) is 10.1. The summed E-state index contributed by atoms with van der Waals surface area (Å²) in [6, 6.07) is 6.56. The number of benzene rings is 1. The van der Waals surface area contributed by atoms with Crippen molar-refractivity contribution in [3.63, 3.8) is 0 Å². The Morgan fingerprint density at radius 3 is 1.83 bits per heavy atom. The first-order valence-electron chi connectivity index (χ1n) is 7.16. The molecule has 0 spiro atoms. The highest BCUT2D eigenvalue weighted by molar-refractivity contribution is 5.34. The normalized spacial score (nSPS) is 9.83. The molecule has 0 aliphatic rings. The van der Waals surface area contributed by atoms with Crippen LogP contribution in [0.25, 0.3) is 0 Å². The third kappa shape index (κ3) is 7.50. The van der Waals surface area contributed by atoms with Crippen molar-refractivity contribution in [3.8, 4) is 0 Å². The summed E-state index contributed by atoms with van der Waals surface area (Å²) < 4.78 is 0. The Morgan fingerprint density at radius 1 is 1.06 bits per heavy atom. The summed E-state index contributed by atoms with van der Waals surface area (Å²) in [5.74, 6) is 0. The molecule has 0 atom stereocenters. The molecule has 0 aliphatic carbocycles. The molecule has 0 aliphatic heterocycles. The molecule has 0 radical (unpaired) electrons. The first kappa shape index (κ1) is 19.5. The van der Waals surface area contributed by atoms with Crippen LogP contribution in [0.4, 0.5) is 0 Å². The second-order valence-electron chi connectivity index (χ2n) is 5.30. The van der Waals surface area contributed by atoms with Crippen LogP contribution in [-0.2, 0) is 12.0 Å². The van der Waals surface area contributed by atoms with E-state index in [1.165, 1.54) is 23.1 Å². The van der Waals surface area contributed by atoms with Gasteiger partial charge < -0.3 is 5.73 Å². The van der Waals surface area contributed by atoms with Crippen LogP contribution in [0.5, 0.6) is 0 Å². The molecule has 2 N–H and O–H groups in total. The zero-order chi connectivity index (χ0) is 14.8. The summed E-state index contributed by atoms with van der Waals surface area (Å²) in [4.78, 5) is 0. The molecule has 0 saturated carbocycles. The van der Waals surface area contributed by atoms with Gasteiger partial charge in [-0.1, -0.05) is 73.1 Å². The molecule has 18 heavy (non-hydrogen) atoms. The molecule has 1 aromatic rings. The minimum Gasteiger partial charge on any atom is -0.326 e. The van der Waals surface area contributed by atoms with Gasteiger partial charge in [-0.15, -0.1) is 0 Å². The molecule has 1 aromatic carbocycles. The van der Waals surface area contributed by atoms with Crippen molar-refractivity contribution in [2.75, 3.05) is 0 Å². The summed E-state index contributed by atoms with van der Waals surface area (Å²) in [6.45, 7) is 17.7. The van der Waals surface area contributed by atoms with Crippen molar-refractivity contribution in [3.05, 3.63) is 34.9 Å². The minimum absolute atomic E-state index is 0.220. The molecule has 1 heteroatoms. The average Bonchev–Trinajstić information content (AvgIpc) is 2.32. The Morgan fingerprint density at radius 2 is 1.50 bits per heavy atom. The maximum absolute atomic E-state index is 5.66. The maximum atomic E-state index is 5.66. The van der Waals surface area contributed by atoms with Gasteiger partial charge in [-0.25, -0.2) is 0 Å². The van der Waals surface area contributed by atoms with E-state index in [2.05, 4.69) is 59.7 Å². The van der Waals surface area contributed by atoms with E-state index in [9.17, 15) is 0 Å². The first-order chi connectivity index (χ1) is 8.36. The SMILES string of the molecule is CC.CCC.Cc1ccc(C(C)(C)C)cc1CN.